The van der Waals surface area contributed by atoms with Gasteiger partial charge in [0.25, 0.3) is 5.91 Å². The monoisotopic (exact) mass is 379 g/mol. The van der Waals surface area contributed by atoms with E-state index >= 15 is 0 Å². The van der Waals surface area contributed by atoms with E-state index in [0.29, 0.717) is 31.1 Å². The molecule has 0 spiro atoms. The third-order valence-electron chi connectivity index (χ3n) is 6.30. The zero-order valence-corrected chi connectivity index (χ0v) is 15.1. The fourth-order valence-electron chi connectivity index (χ4n) is 5.62. The number of aliphatic hydroxyl groups is 1. The molecule has 5 rings (SSSR count). The first-order chi connectivity index (χ1) is 12.7. The van der Waals surface area contributed by atoms with Crippen LogP contribution in [0.15, 0.2) is 18.2 Å². The second kappa shape index (κ2) is 6.26. The zero-order valence-electron chi connectivity index (χ0n) is 15.1. The molecule has 4 fully saturated rings. The van der Waals surface area contributed by atoms with E-state index in [2.05, 4.69) is 5.32 Å². The largest absolute Gasteiger partial charge is 0.452 e. The van der Waals surface area contributed by atoms with Gasteiger partial charge in [-0.3, -0.25) is 9.59 Å². The van der Waals surface area contributed by atoms with Crippen LogP contribution in [-0.4, -0.2) is 28.7 Å². The molecule has 1 aromatic rings. The predicted octanol–water partition coefficient (Wildman–Crippen LogP) is 3.17. The number of benzene rings is 1. The lowest BCUT2D eigenvalue weighted by atomic mass is 9.48. The molecule has 5 atom stereocenters. The molecule has 27 heavy (non-hydrogen) atoms. The van der Waals surface area contributed by atoms with Gasteiger partial charge < -0.3 is 15.2 Å². The van der Waals surface area contributed by atoms with E-state index in [-0.39, 0.29) is 5.69 Å². The number of carbonyl (C=O) groups excluding carboxylic acids is 2. The third-order valence-corrected chi connectivity index (χ3v) is 6.30. The average molecular weight is 379 g/mol. The topological polar surface area (TPSA) is 75.6 Å². The van der Waals surface area contributed by atoms with E-state index in [4.69, 9.17) is 4.74 Å². The van der Waals surface area contributed by atoms with Gasteiger partial charge in [0.15, 0.2) is 6.10 Å². The Labute approximate surface area is 156 Å². The van der Waals surface area contributed by atoms with E-state index in [1.165, 1.54) is 6.92 Å². The standard InChI is InChI=1S/C20H23F2NO4/c1-11(17(24)23-16-5-14(21)2-3-15(16)22)27-18(25)19-6-12-4-13(7-19)9-20(26,8-12)10-19/h2-3,5,11-13,26H,4,6-10H2,1H3,(H,23,24)/t11-,12-,13+,19?,20?/m0/s1. The van der Waals surface area contributed by atoms with Gasteiger partial charge in [0.05, 0.1) is 16.7 Å². The van der Waals surface area contributed by atoms with Gasteiger partial charge >= 0.3 is 5.97 Å². The maximum Gasteiger partial charge on any atom is 0.312 e. The minimum atomic E-state index is -1.15. The SMILES string of the molecule is C[C@H](OC(=O)C12C[C@@H]3C[C@@H](CC(O)(C3)C1)C2)C(=O)Nc1cc(F)ccc1F. The fraction of sp³-hybridized carbons (Fsp3) is 0.600. The molecule has 0 aromatic heterocycles. The number of halogens is 2. The third kappa shape index (κ3) is 3.33. The lowest BCUT2D eigenvalue weighted by Crippen LogP contribution is -2.59. The van der Waals surface area contributed by atoms with Gasteiger partial charge in [-0.1, -0.05) is 0 Å². The molecule has 4 saturated carbocycles. The number of nitrogens with one attached hydrogen (secondary N) is 1. The molecule has 2 N–H and O–H groups in total. The van der Waals surface area contributed by atoms with E-state index in [1.807, 2.05) is 0 Å². The summed E-state index contributed by atoms with van der Waals surface area (Å²) in [5.41, 5.74) is -1.84. The number of carbonyl (C=O) groups is 2. The Kier molecular flexibility index (Phi) is 4.25. The van der Waals surface area contributed by atoms with Crippen molar-refractivity contribution in [2.75, 3.05) is 5.32 Å². The first kappa shape index (κ1) is 18.3. The summed E-state index contributed by atoms with van der Waals surface area (Å²) in [6.45, 7) is 1.40. The quantitative estimate of drug-likeness (QED) is 0.788. The van der Waals surface area contributed by atoms with Crippen molar-refractivity contribution in [3.8, 4) is 0 Å². The molecule has 0 aliphatic heterocycles. The number of hydrogen-bond acceptors (Lipinski definition) is 4. The van der Waals surface area contributed by atoms with Crippen molar-refractivity contribution in [3.05, 3.63) is 29.8 Å². The molecule has 4 bridgehead atoms. The van der Waals surface area contributed by atoms with E-state index in [1.54, 1.807) is 0 Å². The molecule has 1 amide bonds. The molecule has 2 unspecified atom stereocenters. The van der Waals surface area contributed by atoms with Crippen LogP contribution in [0.5, 0.6) is 0 Å². The van der Waals surface area contributed by atoms with Crippen LogP contribution in [0.25, 0.3) is 0 Å². The first-order valence-electron chi connectivity index (χ1n) is 9.37. The summed E-state index contributed by atoms with van der Waals surface area (Å²) in [5, 5.41) is 13.0. The summed E-state index contributed by atoms with van der Waals surface area (Å²) < 4.78 is 32.3. The highest BCUT2D eigenvalue weighted by Gasteiger charge is 2.61. The summed E-state index contributed by atoms with van der Waals surface area (Å²) in [5.74, 6) is -2.03. The van der Waals surface area contributed by atoms with Crippen molar-refractivity contribution in [2.45, 2.75) is 57.2 Å². The Balaban J connectivity index is 1.43. The number of ether oxygens (including phenoxy) is 1. The van der Waals surface area contributed by atoms with Crippen LogP contribution in [0.1, 0.15) is 45.4 Å². The van der Waals surface area contributed by atoms with E-state index in [0.717, 1.165) is 37.5 Å². The average Bonchev–Trinajstić information content (AvgIpc) is 2.55. The maximum absolute atomic E-state index is 13.7. The van der Waals surface area contributed by atoms with Crippen LogP contribution in [0.2, 0.25) is 0 Å². The minimum Gasteiger partial charge on any atom is -0.452 e. The number of rotatable bonds is 4. The van der Waals surface area contributed by atoms with E-state index in [9.17, 15) is 23.5 Å². The molecule has 5 nitrogen and oxygen atoms in total. The molecular formula is C20H23F2NO4. The Hall–Kier alpha value is -2.02. The summed E-state index contributed by atoms with van der Waals surface area (Å²) in [6, 6.07) is 2.74. The molecule has 0 heterocycles. The summed E-state index contributed by atoms with van der Waals surface area (Å²) in [7, 11) is 0. The number of anilines is 1. The van der Waals surface area contributed by atoms with Gasteiger partial charge in [-0.25, -0.2) is 8.78 Å². The highest BCUT2D eigenvalue weighted by molar-refractivity contribution is 5.95. The van der Waals surface area contributed by atoms with Gasteiger partial charge in [0, 0.05) is 6.07 Å². The molecule has 0 saturated heterocycles. The van der Waals surface area contributed by atoms with Gasteiger partial charge in [0.2, 0.25) is 0 Å². The summed E-state index contributed by atoms with van der Waals surface area (Å²) in [4.78, 5) is 25.2. The van der Waals surface area contributed by atoms with Crippen molar-refractivity contribution in [1.29, 1.82) is 0 Å². The second-order valence-electron chi connectivity index (χ2n) is 8.63. The zero-order chi connectivity index (χ0) is 19.4. The van der Waals surface area contributed by atoms with Crippen molar-refractivity contribution < 1.29 is 28.2 Å². The maximum atomic E-state index is 13.7. The van der Waals surface area contributed by atoms with Crippen LogP contribution in [0.3, 0.4) is 0 Å². The molecule has 4 aliphatic carbocycles. The van der Waals surface area contributed by atoms with Gasteiger partial charge in [0.1, 0.15) is 11.6 Å². The van der Waals surface area contributed by atoms with Crippen LogP contribution < -0.4 is 5.32 Å². The van der Waals surface area contributed by atoms with Crippen LogP contribution in [0, 0.1) is 28.9 Å². The van der Waals surface area contributed by atoms with Crippen LogP contribution in [0.4, 0.5) is 14.5 Å². The van der Waals surface area contributed by atoms with Gasteiger partial charge in [-0.05, 0) is 69.4 Å². The normalized spacial score (nSPS) is 35.0. The number of amides is 1. The lowest BCUT2D eigenvalue weighted by molar-refractivity contribution is -0.199. The number of esters is 1. The van der Waals surface area contributed by atoms with Crippen LogP contribution in [-0.2, 0) is 14.3 Å². The predicted molar refractivity (Wildman–Crippen MR) is 92.6 cm³/mol. The summed E-state index contributed by atoms with van der Waals surface area (Å²) in [6.07, 6.45) is 3.07. The molecule has 0 radical (unpaired) electrons. The van der Waals surface area contributed by atoms with Crippen molar-refractivity contribution in [3.63, 3.8) is 0 Å². The highest BCUT2D eigenvalue weighted by Crippen LogP contribution is 2.62. The highest BCUT2D eigenvalue weighted by atomic mass is 19.1. The molecule has 7 heteroatoms. The smallest absolute Gasteiger partial charge is 0.312 e. The molecule has 4 aliphatic rings. The van der Waals surface area contributed by atoms with Crippen molar-refractivity contribution in [2.24, 2.45) is 17.3 Å². The number of hydrogen-bond donors (Lipinski definition) is 2. The minimum absolute atomic E-state index is 0.299. The van der Waals surface area contributed by atoms with Gasteiger partial charge in [-0.2, -0.15) is 0 Å². The molecule has 1 aromatic carbocycles. The lowest BCUT2D eigenvalue weighted by Gasteiger charge is -2.58. The Morgan fingerprint density at radius 1 is 1.22 bits per heavy atom. The summed E-state index contributed by atoms with van der Waals surface area (Å²) >= 11 is 0. The van der Waals surface area contributed by atoms with Gasteiger partial charge in [-0.15, -0.1) is 0 Å². The van der Waals surface area contributed by atoms with Crippen molar-refractivity contribution in [1.82, 2.24) is 0 Å². The van der Waals surface area contributed by atoms with Crippen molar-refractivity contribution >= 4 is 17.6 Å². The Morgan fingerprint density at radius 2 is 1.89 bits per heavy atom. The Morgan fingerprint density at radius 3 is 2.52 bits per heavy atom. The van der Waals surface area contributed by atoms with E-state index < -0.39 is 40.6 Å². The fourth-order valence-corrected chi connectivity index (χ4v) is 5.62. The van der Waals surface area contributed by atoms with Crippen LogP contribution >= 0.6 is 0 Å². The molecular weight excluding hydrogens is 356 g/mol. The first-order valence-corrected chi connectivity index (χ1v) is 9.37. The Bertz CT molecular complexity index is 782. The molecule has 146 valence electrons. The second-order valence-corrected chi connectivity index (χ2v) is 8.63.